The van der Waals surface area contributed by atoms with Gasteiger partial charge in [0.05, 0.1) is 16.8 Å². The molecular weight excluding hydrogens is 292 g/mol. The van der Waals surface area contributed by atoms with E-state index in [0.29, 0.717) is 22.2 Å². The van der Waals surface area contributed by atoms with E-state index >= 15 is 0 Å². The van der Waals surface area contributed by atoms with Crippen LogP contribution in [-0.2, 0) is 10.0 Å². The Labute approximate surface area is 120 Å². The minimum atomic E-state index is -3.80. The Hall–Kier alpha value is -2.79. The summed E-state index contributed by atoms with van der Waals surface area (Å²) >= 11 is 0. The van der Waals surface area contributed by atoms with E-state index < -0.39 is 10.0 Å². The number of aryl methyl sites for hydroxylation is 1. The highest BCUT2D eigenvalue weighted by atomic mass is 32.2. The summed E-state index contributed by atoms with van der Waals surface area (Å²) in [5.41, 5.74) is 1.63. The van der Waals surface area contributed by atoms with Crippen LogP contribution in [0.15, 0.2) is 40.1 Å². The van der Waals surface area contributed by atoms with E-state index in [4.69, 9.17) is 5.26 Å². The van der Waals surface area contributed by atoms with Crippen molar-refractivity contribution in [3.05, 3.63) is 41.9 Å². The lowest BCUT2D eigenvalue weighted by Gasteiger charge is -2.07. The van der Waals surface area contributed by atoms with Gasteiger partial charge in [0.15, 0.2) is 0 Å². The molecule has 0 aliphatic heterocycles. The second-order valence-corrected chi connectivity index (χ2v) is 6.06. The molecule has 21 heavy (non-hydrogen) atoms. The molecule has 7 nitrogen and oxygen atoms in total. The number of fused-ring (bicyclic) bond motifs is 1. The van der Waals surface area contributed by atoms with Crippen LogP contribution < -0.4 is 4.72 Å². The molecule has 0 fully saturated rings. The molecule has 0 radical (unpaired) electrons. The van der Waals surface area contributed by atoms with E-state index in [0.717, 1.165) is 6.26 Å². The monoisotopic (exact) mass is 302 g/mol. The van der Waals surface area contributed by atoms with Gasteiger partial charge >= 0.3 is 0 Å². The minimum Gasteiger partial charge on any atom is -0.363 e. The van der Waals surface area contributed by atoms with Crippen LogP contribution >= 0.6 is 0 Å². The number of anilines is 1. The van der Waals surface area contributed by atoms with Crippen LogP contribution in [0.25, 0.3) is 10.9 Å². The number of nitrogens with zero attached hydrogens (tertiary/aromatic N) is 2. The molecule has 0 amide bonds. The Kier molecular flexibility index (Phi) is 2.92. The summed E-state index contributed by atoms with van der Waals surface area (Å²) in [5, 5.41) is 13.2. The largest absolute Gasteiger partial charge is 0.363 e. The second kappa shape index (κ2) is 4.64. The highest BCUT2D eigenvalue weighted by molar-refractivity contribution is 7.92. The summed E-state index contributed by atoms with van der Waals surface area (Å²) < 4.78 is 31.8. The van der Waals surface area contributed by atoms with Gasteiger partial charge in [0.2, 0.25) is 0 Å². The lowest BCUT2D eigenvalue weighted by atomic mass is 10.2. The zero-order chi connectivity index (χ0) is 15.0. The molecule has 8 heteroatoms. The molecule has 0 bridgehead atoms. The topological polar surface area (TPSA) is 112 Å². The molecule has 0 aliphatic carbocycles. The highest BCUT2D eigenvalue weighted by Gasteiger charge is 2.21. The number of H-pyrrole nitrogens is 1. The molecule has 1 aromatic carbocycles. The quantitative estimate of drug-likeness (QED) is 0.769. The number of hydrogen-bond donors (Lipinski definition) is 2. The number of nitrogens with one attached hydrogen (secondary N) is 2. The maximum absolute atomic E-state index is 12.3. The van der Waals surface area contributed by atoms with E-state index in [-0.39, 0.29) is 10.6 Å². The third-order valence-electron chi connectivity index (χ3n) is 3.08. The summed E-state index contributed by atoms with van der Waals surface area (Å²) in [6.07, 6.45) is 2.61. The van der Waals surface area contributed by atoms with Crippen LogP contribution in [-0.4, -0.2) is 18.6 Å². The molecule has 2 aromatic heterocycles. The number of para-hydroxylation sites is 1. The van der Waals surface area contributed by atoms with Crippen LogP contribution in [0.4, 0.5) is 5.69 Å². The fraction of sp³-hybridized carbons (Fsp3) is 0.0769. The van der Waals surface area contributed by atoms with Gasteiger partial charge in [0.25, 0.3) is 10.0 Å². The van der Waals surface area contributed by atoms with Gasteiger partial charge in [-0.15, -0.1) is 0 Å². The fourth-order valence-electron chi connectivity index (χ4n) is 2.07. The molecule has 0 atom stereocenters. The highest BCUT2D eigenvalue weighted by Crippen LogP contribution is 2.27. The molecule has 2 N–H and O–H groups in total. The van der Waals surface area contributed by atoms with Gasteiger partial charge in [-0.3, -0.25) is 4.72 Å². The van der Waals surface area contributed by atoms with E-state index in [2.05, 4.69) is 19.4 Å². The normalized spacial score (nSPS) is 11.4. The van der Waals surface area contributed by atoms with E-state index in [1.165, 1.54) is 6.20 Å². The number of nitriles is 1. The fourth-order valence-corrected chi connectivity index (χ4v) is 3.24. The standard InChI is InChI=1S/C13H10N4O3S/c1-8-12(7-20-16-8)21(18,19)17-11-4-2-3-10-9(5-14)6-15-13(10)11/h2-4,6-7,15,17H,1H3. The van der Waals surface area contributed by atoms with Crippen molar-refractivity contribution in [2.45, 2.75) is 11.8 Å². The lowest BCUT2D eigenvalue weighted by molar-refractivity contribution is 0.413. The van der Waals surface area contributed by atoms with Gasteiger partial charge in [-0.05, 0) is 13.0 Å². The summed E-state index contributed by atoms with van der Waals surface area (Å²) in [4.78, 5) is 2.88. The summed E-state index contributed by atoms with van der Waals surface area (Å²) in [7, 11) is -3.80. The van der Waals surface area contributed by atoms with Crippen molar-refractivity contribution in [2.24, 2.45) is 0 Å². The summed E-state index contributed by atoms with van der Waals surface area (Å²) in [6.45, 7) is 1.54. The maximum atomic E-state index is 12.3. The van der Waals surface area contributed by atoms with Crippen LogP contribution in [0.3, 0.4) is 0 Å². The van der Waals surface area contributed by atoms with Gasteiger partial charge in [0, 0.05) is 11.6 Å². The lowest BCUT2D eigenvalue weighted by Crippen LogP contribution is -2.13. The number of hydrogen-bond acceptors (Lipinski definition) is 5. The smallest absolute Gasteiger partial charge is 0.267 e. The Morgan fingerprint density at radius 3 is 2.90 bits per heavy atom. The van der Waals surface area contributed by atoms with Gasteiger partial charge in [-0.25, -0.2) is 8.42 Å². The molecule has 106 valence electrons. The number of sulfonamides is 1. The first kappa shape index (κ1) is 13.2. The molecule has 0 spiro atoms. The first-order valence-electron chi connectivity index (χ1n) is 5.97. The molecule has 0 aliphatic rings. The van der Waals surface area contributed by atoms with Crippen molar-refractivity contribution in [1.29, 1.82) is 5.26 Å². The third kappa shape index (κ3) is 2.13. The van der Waals surface area contributed by atoms with Crippen LogP contribution in [0, 0.1) is 18.3 Å². The molecule has 3 rings (SSSR count). The first-order chi connectivity index (χ1) is 10.0. The zero-order valence-electron chi connectivity index (χ0n) is 10.9. The molecule has 2 heterocycles. The van der Waals surface area contributed by atoms with Crippen molar-refractivity contribution < 1.29 is 12.9 Å². The molecule has 0 saturated carbocycles. The Morgan fingerprint density at radius 1 is 1.43 bits per heavy atom. The predicted molar refractivity (Wildman–Crippen MR) is 75.1 cm³/mol. The van der Waals surface area contributed by atoms with Crippen LogP contribution in [0.1, 0.15) is 11.3 Å². The van der Waals surface area contributed by atoms with Gasteiger partial charge < -0.3 is 9.51 Å². The van der Waals surface area contributed by atoms with Gasteiger partial charge in [0.1, 0.15) is 22.9 Å². The Bertz CT molecular complexity index is 963. The van der Waals surface area contributed by atoms with E-state index in [1.807, 2.05) is 6.07 Å². The van der Waals surface area contributed by atoms with E-state index in [9.17, 15) is 8.42 Å². The van der Waals surface area contributed by atoms with Crippen molar-refractivity contribution in [1.82, 2.24) is 10.1 Å². The van der Waals surface area contributed by atoms with E-state index in [1.54, 1.807) is 25.1 Å². The molecular formula is C13H10N4O3S. The number of rotatable bonds is 3. The second-order valence-electron chi connectivity index (χ2n) is 4.41. The van der Waals surface area contributed by atoms with Crippen molar-refractivity contribution in [2.75, 3.05) is 4.72 Å². The minimum absolute atomic E-state index is 0.0217. The van der Waals surface area contributed by atoms with Crippen molar-refractivity contribution in [3.63, 3.8) is 0 Å². The summed E-state index contributed by atoms with van der Waals surface area (Å²) in [5.74, 6) is 0. The Balaban J connectivity index is 2.09. The zero-order valence-corrected chi connectivity index (χ0v) is 11.7. The third-order valence-corrected chi connectivity index (χ3v) is 4.54. The van der Waals surface area contributed by atoms with Gasteiger partial charge in [-0.1, -0.05) is 17.3 Å². The molecule has 0 saturated heterocycles. The summed E-state index contributed by atoms with van der Waals surface area (Å²) in [6, 6.07) is 7.07. The first-order valence-corrected chi connectivity index (χ1v) is 7.45. The molecule has 3 aromatic rings. The number of aromatic amines is 1. The number of benzene rings is 1. The SMILES string of the molecule is Cc1nocc1S(=O)(=O)Nc1cccc2c(C#N)c[nH]c12. The average molecular weight is 302 g/mol. The van der Waals surface area contributed by atoms with Crippen LogP contribution in [0.5, 0.6) is 0 Å². The van der Waals surface area contributed by atoms with Gasteiger partial charge in [-0.2, -0.15) is 5.26 Å². The van der Waals surface area contributed by atoms with Crippen molar-refractivity contribution in [3.8, 4) is 6.07 Å². The maximum Gasteiger partial charge on any atom is 0.267 e. The predicted octanol–water partition coefficient (Wildman–Crippen LogP) is 2.14. The molecule has 0 unspecified atom stereocenters. The number of aromatic nitrogens is 2. The van der Waals surface area contributed by atoms with Crippen LogP contribution in [0.2, 0.25) is 0 Å². The Morgan fingerprint density at radius 2 is 2.24 bits per heavy atom. The van der Waals surface area contributed by atoms with Crippen molar-refractivity contribution >= 4 is 26.6 Å². The average Bonchev–Trinajstić information content (AvgIpc) is 3.05.